The summed E-state index contributed by atoms with van der Waals surface area (Å²) in [5.41, 5.74) is 0.0813. The normalized spacial score (nSPS) is 17.6. The van der Waals surface area contributed by atoms with Crippen LogP contribution >= 0.6 is 0 Å². The Morgan fingerprint density at radius 2 is 2.00 bits per heavy atom. The van der Waals surface area contributed by atoms with E-state index in [1.807, 2.05) is 20.8 Å². The molecule has 2 heterocycles. The molecule has 0 bridgehead atoms. The lowest BCUT2D eigenvalue weighted by Crippen LogP contribution is -3.16. The summed E-state index contributed by atoms with van der Waals surface area (Å²) in [6, 6.07) is 2.67. The molecule has 1 N–H and O–H groups in total. The van der Waals surface area contributed by atoms with E-state index < -0.39 is 17.6 Å². The van der Waals surface area contributed by atoms with Crippen molar-refractivity contribution in [3.8, 4) is 0 Å². The van der Waals surface area contributed by atoms with Crippen LogP contribution in [0, 0.1) is 0 Å². The summed E-state index contributed by atoms with van der Waals surface area (Å²) in [6.07, 6.45) is 2.79. The van der Waals surface area contributed by atoms with Gasteiger partial charge in [0.25, 0.3) is 0 Å². The molecule has 0 aromatic carbocycles. The van der Waals surface area contributed by atoms with Crippen molar-refractivity contribution in [3.05, 3.63) is 30.1 Å². The van der Waals surface area contributed by atoms with Crippen LogP contribution in [0.5, 0.6) is 0 Å². The van der Waals surface area contributed by atoms with Gasteiger partial charge >= 0.3 is 6.09 Å². The van der Waals surface area contributed by atoms with Crippen LogP contribution in [0.3, 0.4) is 0 Å². The number of carboxylic acid groups (broad SMARTS) is 1. The number of hydrogen-bond acceptors (Lipinski definition) is 5. The Balaban J connectivity index is 2.00. The fourth-order valence-corrected chi connectivity index (χ4v) is 2.68. The Bertz CT molecular complexity index is 548. The van der Waals surface area contributed by atoms with Gasteiger partial charge in [-0.3, -0.25) is 9.88 Å². The molecule has 7 heteroatoms. The molecule has 1 aromatic heterocycles. The number of pyridine rings is 1. The van der Waals surface area contributed by atoms with Crippen LogP contribution in [-0.2, 0) is 9.53 Å². The van der Waals surface area contributed by atoms with Gasteiger partial charge in [0.2, 0.25) is 0 Å². The third kappa shape index (κ3) is 4.66. The van der Waals surface area contributed by atoms with Crippen LogP contribution in [0.2, 0.25) is 0 Å². The van der Waals surface area contributed by atoms with E-state index in [0.717, 1.165) is 4.90 Å². The molecule has 0 aliphatic carbocycles. The topological polar surface area (TPSA) is 87.0 Å². The molecule has 1 aliphatic rings. The Morgan fingerprint density at radius 1 is 1.35 bits per heavy atom. The number of aliphatic carboxylic acids is 1. The van der Waals surface area contributed by atoms with Crippen molar-refractivity contribution >= 4 is 12.1 Å². The molecule has 2 rings (SSSR count). The molecular weight excluding hydrogens is 298 g/mol. The quantitative estimate of drug-likeness (QED) is 0.772. The second kappa shape index (κ2) is 6.95. The fraction of sp³-hybridized carbons (Fsp3) is 0.562. The molecule has 0 radical (unpaired) electrons. The van der Waals surface area contributed by atoms with E-state index in [0.29, 0.717) is 31.7 Å². The van der Waals surface area contributed by atoms with Gasteiger partial charge in [-0.15, -0.1) is 0 Å². The minimum absolute atomic E-state index is 0.358. The van der Waals surface area contributed by atoms with Gasteiger partial charge in [0, 0.05) is 18.0 Å². The Hall–Kier alpha value is -2.15. The molecule has 23 heavy (non-hydrogen) atoms. The first-order chi connectivity index (χ1) is 10.8. The number of quaternary nitrogens is 1. The zero-order valence-corrected chi connectivity index (χ0v) is 13.7. The number of rotatable bonds is 3. The number of hydrogen-bond donors (Lipinski definition) is 1. The van der Waals surface area contributed by atoms with E-state index in [-0.39, 0.29) is 6.09 Å². The van der Waals surface area contributed by atoms with Crippen LogP contribution in [0.1, 0.15) is 32.4 Å². The summed E-state index contributed by atoms with van der Waals surface area (Å²) in [5.74, 6) is -1.13. The van der Waals surface area contributed by atoms with Crippen LogP contribution < -0.4 is 10.0 Å². The highest BCUT2D eigenvalue weighted by Crippen LogP contribution is 2.11. The van der Waals surface area contributed by atoms with Gasteiger partial charge in [-0.1, -0.05) is 0 Å². The number of amides is 1. The van der Waals surface area contributed by atoms with Gasteiger partial charge in [0.1, 0.15) is 11.6 Å². The average Bonchev–Trinajstić information content (AvgIpc) is 2.47. The maximum Gasteiger partial charge on any atom is 0.410 e. The number of carbonyl (C=O) groups is 2. The molecule has 1 aromatic rings. The van der Waals surface area contributed by atoms with Crippen LogP contribution in [-0.4, -0.2) is 53.7 Å². The summed E-state index contributed by atoms with van der Waals surface area (Å²) < 4.78 is 5.34. The zero-order chi connectivity index (χ0) is 17.0. The third-order valence-corrected chi connectivity index (χ3v) is 3.72. The van der Waals surface area contributed by atoms with E-state index in [9.17, 15) is 14.7 Å². The van der Waals surface area contributed by atoms with Crippen molar-refractivity contribution in [2.24, 2.45) is 0 Å². The Labute approximate surface area is 135 Å². The number of nitrogens with one attached hydrogen (secondary N) is 1. The highest BCUT2D eigenvalue weighted by Gasteiger charge is 2.33. The maximum absolute atomic E-state index is 12.0. The molecule has 1 saturated heterocycles. The van der Waals surface area contributed by atoms with Gasteiger partial charge in [0.05, 0.1) is 26.2 Å². The first-order valence-electron chi connectivity index (χ1n) is 7.71. The highest BCUT2D eigenvalue weighted by atomic mass is 16.6. The van der Waals surface area contributed by atoms with Gasteiger partial charge < -0.3 is 19.5 Å². The molecule has 1 amide bonds. The summed E-state index contributed by atoms with van der Waals surface area (Å²) in [7, 11) is 0. The molecule has 1 fully saturated rings. The van der Waals surface area contributed by atoms with Crippen molar-refractivity contribution in [2.45, 2.75) is 32.4 Å². The number of ether oxygens (including phenoxy) is 1. The predicted octanol–water partition coefficient (Wildman–Crippen LogP) is -0.992. The molecule has 1 atom stereocenters. The molecule has 0 unspecified atom stereocenters. The lowest BCUT2D eigenvalue weighted by atomic mass is 10.1. The number of nitrogens with zero attached hydrogens (tertiary/aromatic N) is 2. The van der Waals surface area contributed by atoms with Gasteiger partial charge in [-0.25, -0.2) is 4.79 Å². The summed E-state index contributed by atoms with van der Waals surface area (Å²) in [4.78, 5) is 30.0. The van der Waals surface area contributed by atoms with Gasteiger partial charge in [-0.2, -0.15) is 0 Å². The SMILES string of the molecule is CC(C)(C)OC(=O)N1CC[NH+]([C@H](C(=O)[O-])c2cccnc2)CC1. The first-order valence-corrected chi connectivity index (χ1v) is 7.71. The number of carboxylic acids is 1. The maximum atomic E-state index is 12.0. The molecular formula is C16H23N3O4. The van der Waals surface area contributed by atoms with E-state index >= 15 is 0 Å². The minimum atomic E-state index is -1.13. The van der Waals surface area contributed by atoms with Crippen molar-refractivity contribution < 1.29 is 24.3 Å². The number of piperazine rings is 1. The monoisotopic (exact) mass is 321 g/mol. The van der Waals surface area contributed by atoms with Crippen molar-refractivity contribution in [1.82, 2.24) is 9.88 Å². The lowest BCUT2D eigenvalue weighted by Gasteiger charge is -2.37. The second-order valence-electron chi connectivity index (χ2n) is 6.66. The van der Waals surface area contributed by atoms with E-state index in [1.54, 1.807) is 29.4 Å². The molecule has 7 nitrogen and oxygen atoms in total. The fourth-order valence-electron chi connectivity index (χ4n) is 2.68. The molecule has 0 spiro atoms. The Kier molecular flexibility index (Phi) is 5.20. The van der Waals surface area contributed by atoms with Crippen LogP contribution in [0.4, 0.5) is 4.79 Å². The second-order valence-corrected chi connectivity index (χ2v) is 6.66. The van der Waals surface area contributed by atoms with Crippen molar-refractivity contribution in [3.63, 3.8) is 0 Å². The van der Waals surface area contributed by atoms with Crippen molar-refractivity contribution in [2.75, 3.05) is 26.2 Å². The number of aromatic nitrogens is 1. The van der Waals surface area contributed by atoms with E-state index in [2.05, 4.69) is 4.98 Å². The predicted molar refractivity (Wildman–Crippen MR) is 80.5 cm³/mol. The summed E-state index contributed by atoms with van der Waals surface area (Å²) >= 11 is 0. The van der Waals surface area contributed by atoms with Crippen LogP contribution in [0.15, 0.2) is 24.5 Å². The first kappa shape index (κ1) is 17.2. The number of carbonyl (C=O) groups excluding carboxylic acids is 2. The van der Waals surface area contributed by atoms with E-state index in [4.69, 9.17) is 4.74 Å². The smallest absolute Gasteiger partial charge is 0.410 e. The summed E-state index contributed by atoms with van der Waals surface area (Å²) in [6.45, 7) is 7.41. The molecule has 1 aliphatic heterocycles. The lowest BCUT2D eigenvalue weighted by molar-refractivity contribution is -0.928. The van der Waals surface area contributed by atoms with Gasteiger partial charge in [-0.05, 0) is 32.9 Å². The zero-order valence-electron chi connectivity index (χ0n) is 13.7. The minimum Gasteiger partial charge on any atom is -0.544 e. The Morgan fingerprint density at radius 3 is 2.48 bits per heavy atom. The van der Waals surface area contributed by atoms with Crippen LogP contribution in [0.25, 0.3) is 0 Å². The highest BCUT2D eigenvalue weighted by molar-refractivity contribution is 5.71. The largest absolute Gasteiger partial charge is 0.544 e. The van der Waals surface area contributed by atoms with E-state index in [1.165, 1.54) is 0 Å². The average molecular weight is 321 g/mol. The summed E-state index contributed by atoms with van der Waals surface area (Å²) in [5, 5.41) is 11.5. The standard InChI is InChI=1S/C16H23N3O4/c1-16(2,3)23-15(22)19-9-7-18(8-10-19)13(14(20)21)12-5-4-6-17-11-12/h4-6,11,13H,7-10H2,1-3H3,(H,20,21)/t13-/m0/s1. The molecule has 126 valence electrons. The van der Waals surface area contributed by atoms with Gasteiger partial charge in [0.15, 0.2) is 6.04 Å². The third-order valence-electron chi connectivity index (χ3n) is 3.72. The molecule has 0 saturated carbocycles. The van der Waals surface area contributed by atoms with Crippen molar-refractivity contribution in [1.29, 1.82) is 0 Å².